The fourth-order valence-corrected chi connectivity index (χ4v) is 4.06. The molecule has 1 saturated heterocycles. The van der Waals surface area contributed by atoms with Crippen LogP contribution in [0, 0.1) is 5.92 Å². The van der Waals surface area contributed by atoms with Crippen molar-refractivity contribution in [2.75, 3.05) is 46.6 Å². The number of benzene rings is 1. The van der Waals surface area contributed by atoms with Gasteiger partial charge in [0, 0.05) is 37.1 Å². The summed E-state index contributed by atoms with van der Waals surface area (Å²) in [5.41, 5.74) is 2.41. The lowest BCUT2D eigenvalue weighted by molar-refractivity contribution is 0.0888. The van der Waals surface area contributed by atoms with Crippen molar-refractivity contribution in [3.8, 4) is 16.9 Å². The van der Waals surface area contributed by atoms with Crippen LogP contribution in [-0.2, 0) is 16.0 Å². The Balaban J connectivity index is 0.00000341. The number of thiophene rings is 1. The topological polar surface area (TPSA) is 64.1 Å². The fourth-order valence-electron chi connectivity index (χ4n) is 3.24. The number of methoxy groups -OCH3 is 1. The van der Waals surface area contributed by atoms with E-state index in [-0.39, 0.29) is 24.0 Å². The highest BCUT2D eigenvalue weighted by molar-refractivity contribution is 14.0. The van der Waals surface area contributed by atoms with E-state index in [2.05, 4.69) is 41.1 Å². The third-order valence-electron chi connectivity index (χ3n) is 4.95. The van der Waals surface area contributed by atoms with Gasteiger partial charge in [-0.15, -0.1) is 35.3 Å². The minimum atomic E-state index is 0. The molecule has 31 heavy (non-hydrogen) atoms. The second-order valence-corrected chi connectivity index (χ2v) is 8.31. The number of ether oxygens (including phenoxy) is 3. The van der Waals surface area contributed by atoms with Gasteiger partial charge in [0.1, 0.15) is 5.75 Å². The molecule has 2 heterocycles. The highest BCUT2D eigenvalue weighted by Gasteiger charge is 2.15. The number of guanidine groups is 1. The molecular weight excluding hydrogens is 525 g/mol. The average molecular weight is 560 g/mol. The molecule has 0 aliphatic carbocycles. The highest BCUT2D eigenvalue weighted by Crippen LogP contribution is 2.27. The summed E-state index contributed by atoms with van der Waals surface area (Å²) < 4.78 is 16.4. The third kappa shape index (κ3) is 8.96. The van der Waals surface area contributed by atoms with Gasteiger partial charge in [-0.3, -0.25) is 0 Å². The molecule has 2 N–H and O–H groups in total. The molecule has 1 aromatic heterocycles. The van der Waals surface area contributed by atoms with E-state index in [1.54, 1.807) is 18.4 Å². The lowest BCUT2D eigenvalue weighted by atomic mass is 10.1. The van der Waals surface area contributed by atoms with Crippen molar-refractivity contribution in [1.29, 1.82) is 0 Å². The van der Waals surface area contributed by atoms with Crippen LogP contribution in [-0.4, -0.2) is 52.6 Å². The molecule has 0 amide bonds. The van der Waals surface area contributed by atoms with E-state index in [4.69, 9.17) is 19.2 Å². The Kier molecular flexibility index (Phi) is 12.2. The van der Waals surface area contributed by atoms with Crippen LogP contribution < -0.4 is 15.4 Å². The molecule has 0 saturated carbocycles. The number of hydrogen-bond donors (Lipinski definition) is 2. The quantitative estimate of drug-likeness (QED) is 0.183. The van der Waals surface area contributed by atoms with Crippen LogP contribution in [0.15, 0.2) is 40.7 Å². The fraction of sp³-hybridized carbons (Fsp3) is 0.522. The number of hydrogen-bond acceptors (Lipinski definition) is 5. The van der Waals surface area contributed by atoms with Gasteiger partial charge in [-0.25, -0.2) is 4.99 Å². The first-order valence-electron chi connectivity index (χ1n) is 10.7. The van der Waals surface area contributed by atoms with E-state index >= 15 is 0 Å². The van der Waals surface area contributed by atoms with Crippen molar-refractivity contribution < 1.29 is 14.2 Å². The van der Waals surface area contributed by atoms with Crippen molar-refractivity contribution in [2.45, 2.75) is 26.3 Å². The van der Waals surface area contributed by atoms with Gasteiger partial charge >= 0.3 is 0 Å². The smallest absolute Gasteiger partial charge is 0.191 e. The zero-order chi connectivity index (χ0) is 21.0. The Bertz CT molecular complexity index is 777. The standard InChI is InChI=1S/C23H33N3O3S.HI/c1-3-24-23(25-10-4-11-28-15-18-9-12-29-16-18)26-14-22-13-20(17-30-22)19-5-7-21(27-2)8-6-19;/h5-8,13,17-18H,3-4,9-12,14-16H2,1-2H3,(H2,24,25,26);1H. The molecule has 1 atom stereocenters. The summed E-state index contributed by atoms with van der Waals surface area (Å²) in [5, 5.41) is 8.89. The number of aliphatic imine (C=N–C) groups is 1. The van der Waals surface area contributed by atoms with E-state index in [9.17, 15) is 0 Å². The largest absolute Gasteiger partial charge is 0.497 e. The molecule has 1 fully saturated rings. The van der Waals surface area contributed by atoms with Crippen LogP contribution in [0.2, 0.25) is 0 Å². The van der Waals surface area contributed by atoms with Gasteiger partial charge in [0.25, 0.3) is 0 Å². The van der Waals surface area contributed by atoms with Crippen molar-refractivity contribution in [3.05, 3.63) is 40.6 Å². The predicted octanol–water partition coefficient (Wildman–Crippen LogP) is 4.54. The van der Waals surface area contributed by atoms with Crippen LogP contribution >= 0.6 is 35.3 Å². The van der Waals surface area contributed by atoms with Crippen LogP contribution in [0.1, 0.15) is 24.6 Å². The zero-order valence-electron chi connectivity index (χ0n) is 18.4. The Labute approximate surface area is 206 Å². The average Bonchev–Trinajstić information content (AvgIpc) is 3.46. The second kappa shape index (κ2) is 14.7. The zero-order valence-corrected chi connectivity index (χ0v) is 21.5. The minimum absolute atomic E-state index is 0. The minimum Gasteiger partial charge on any atom is -0.497 e. The van der Waals surface area contributed by atoms with Crippen LogP contribution in [0.3, 0.4) is 0 Å². The maximum Gasteiger partial charge on any atom is 0.191 e. The number of rotatable bonds is 11. The molecule has 6 nitrogen and oxygen atoms in total. The summed E-state index contributed by atoms with van der Waals surface area (Å²) in [6.07, 6.45) is 2.08. The summed E-state index contributed by atoms with van der Waals surface area (Å²) in [4.78, 5) is 5.96. The number of halogens is 1. The summed E-state index contributed by atoms with van der Waals surface area (Å²) in [6, 6.07) is 10.4. The van der Waals surface area contributed by atoms with Gasteiger partial charge in [0.2, 0.25) is 0 Å². The molecular formula is C23H34IN3O3S. The van der Waals surface area contributed by atoms with Gasteiger partial charge in [0.15, 0.2) is 5.96 Å². The Hall–Kier alpha value is -1.36. The molecule has 1 aliphatic heterocycles. The monoisotopic (exact) mass is 559 g/mol. The molecule has 1 aliphatic rings. The Morgan fingerprint density at radius 1 is 1.23 bits per heavy atom. The van der Waals surface area contributed by atoms with Crippen LogP contribution in [0.4, 0.5) is 0 Å². The van der Waals surface area contributed by atoms with Gasteiger partial charge in [-0.1, -0.05) is 12.1 Å². The summed E-state index contributed by atoms with van der Waals surface area (Å²) in [5.74, 6) is 2.30. The Morgan fingerprint density at radius 2 is 2.06 bits per heavy atom. The normalized spacial score (nSPS) is 16.1. The molecule has 0 radical (unpaired) electrons. The molecule has 1 unspecified atom stereocenters. The van der Waals surface area contributed by atoms with E-state index in [0.717, 1.165) is 64.1 Å². The third-order valence-corrected chi connectivity index (χ3v) is 5.87. The maximum atomic E-state index is 5.76. The van der Waals surface area contributed by atoms with Crippen LogP contribution in [0.5, 0.6) is 5.75 Å². The summed E-state index contributed by atoms with van der Waals surface area (Å²) in [7, 11) is 1.69. The lowest BCUT2D eigenvalue weighted by Gasteiger charge is -2.12. The first-order chi connectivity index (χ1) is 14.8. The van der Waals surface area contributed by atoms with Crippen molar-refractivity contribution >= 4 is 41.3 Å². The maximum absolute atomic E-state index is 5.76. The van der Waals surface area contributed by atoms with E-state index in [0.29, 0.717) is 12.5 Å². The lowest BCUT2D eigenvalue weighted by Crippen LogP contribution is -2.38. The van der Waals surface area contributed by atoms with E-state index in [1.165, 1.54) is 16.0 Å². The van der Waals surface area contributed by atoms with Gasteiger partial charge in [0.05, 0.1) is 26.9 Å². The van der Waals surface area contributed by atoms with Crippen LogP contribution in [0.25, 0.3) is 11.1 Å². The van der Waals surface area contributed by atoms with Crippen molar-refractivity contribution in [1.82, 2.24) is 10.6 Å². The SMILES string of the molecule is CCNC(=NCc1cc(-c2ccc(OC)cc2)cs1)NCCCOCC1CCOC1.I. The second-order valence-electron chi connectivity index (χ2n) is 7.31. The van der Waals surface area contributed by atoms with Gasteiger partial charge in [-0.05, 0) is 54.5 Å². The van der Waals surface area contributed by atoms with E-state index < -0.39 is 0 Å². The first-order valence-corrected chi connectivity index (χ1v) is 11.6. The molecule has 0 spiro atoms. The first kappa shape index (κ1) is 25.9. The van der Waals surface area contributed by atoms with Gasteiger partial charge in [-0.2, -0.15) is 0 Å². The van der Waals surface area contributed by atoms with Crippen molar-refractivity contribution in [3.63, 3.8) is 0 Å². The highest BCUT2D eigenvalue weighted by atomic mass is 127. The summed E-state index contributed by atoms with van der Waals surface area (Å²) >= 11 is 1.74. The predicted molar refractivity (Wildman–Crippen MR) is 139 cm³/mol. The van der Waals surface area contributed by atoms with Crippen molar-refractivity contribution in [2.24, 2.45) is 10.9 Å². The molecule has 3 rings (SSSR count). The molecule has 2 aromatic rings. The Morgan fingerprint density at radius 3 is 2.77 bits per heavy atom. The molecule has 0 bridgehead atoms. The summed E-state index contributed by atoms with van der Waals surface area (Å²) in [6.45, 7) is 7.72. The molecule has 8 heteroatoms. The number of nitrogens with zero attached hydrogens (tertiary/aromatic N) is 1. The van der Waals surface area contributed by atoms with Gasteiger partial charge < -0.3 is 24.8 Å². The number of nitrogens with one attached hydrogen (secondary N) is 2. The van der Waals surface area contributed by atoms with E-state index in [1.807, 2.05) is 12.1 Å². The molecule has 1 aromatic carbocycles. The molecule has 172 valence electrons.